The number of aromatic nitrogens is 2. The highest BCUT2D eigenvalue weighted by Crippen LogP contribution is 2.24. The van der Waals surface area contributed by atoms with Crippen molar-refractivity contribution in [3.63, 3.8) is 0 Å². The molecule has 122 valence electrons. The van der Waals surface area contributed by atoms with E-state index in [1.54, 1.807) is 29.9 Å². The van der Waals surface area contributed by atoms with Crippen molar-refractivity contribution in [2.45, 2.75) is 26.3 Å². The number of aryl methyl sites for hydroxylation is 1. The molecule has 0 bridgehead atoms. The van der Waals surface area contributed by atoms with Crippen molar-refractivity contribution in [2.24, 2.45) is 5.92 Å². The Morgan fingerprint density at radius 3 is 3.04 bits per heavy atom. The average molecular weight is 330 g/mol. The zero-order valence-electron chi connectivity index (χ0n) is 13.6. The van der Waals surface area contributed by atoms with Crippen molar-refractivity contribution in [3.8, 4) is 0 Å². The first kappa shape index (κ1) is 15.9. The molecule has 1 fully saturated rings. The summed E-state index contributed by atoms with van der Waals surface area (Å²) in [6.45, 7) is 4.46. The molecule has 0 aliphatic carbocycles. The molecular formula is C17H22N4OS. The lowest BCUT2D eigenvalue weighted by Crippen LogP contribution is -2.43. The number of hydrogen-bond acceptors (Lipinski definition) is 5. The first-order chi connectivity index (χ1) is 11.1. The monoisotopic (exact) mass is 330 g/mol. The second kappa shape index (κ2) is 7.08. The third kappa shape index (κ3) is 3.69. The van der Waals surface area contributed by atoms with Gasteiger partial charge in [-0.1, -0.05) is 0 Å². The molecule has 5 nitrogen and oxygen atoms in total. The number of carbonyl (C=O) groups is 1. The number of anilines is 1. The Morgan fingerprint density at radius 1 is 1.48 bits per heavy atom. The number of hydrogen-bond donors (Lipinski definition) is 0. The molecule has 0 saturated carbocycles. The minimum atomic E-state index is 0.0380. The zero-order valence-corrected chi connectivity index (χ0v) is 14.4. The van der Waals surface area contributed by atoms with Crippen molar-refractivity contribution < 1.29 is 4.79 Å². The molecule has 1 amide bonds. The molecule has 0 unspecified atom stereocenters. The summed E-state index contributed by atoms with van der Waals surface area (Å²) in [5.41, 5.74) is 1.26. The predicted octanol–water partition coefficient (Wildman–Crippen LogP) is 2.72. The fourth-order valence-corrected chi connectivity index (χ4v) is 3.97. The van der Waals surface area contributed by atoms with Gasteiger partial charge in [0, 0.05) is 37.4 Å². The van der Waals surface area contributed by atoms with Crippen LogP contribution in [0.25, 0.3) is 0 Å². The van der Waals surface area contributed by atoms with Crippen LogP contribution in [-0.4, -0.2) is 40.9 Å². The molecule has 3 rings (SSSR count). The van der Waals surface area contributed by atoms with Crippen molar-refractivity contribution in [3.05, 3.63) is 40.5 Å². The van der Waals surface area contributed by atoms with Crippen LogP contribution in [0.3, 0.4) is 0 Å². The summed E-state index contributed by atoms with van der Waals surface area (Å²) in [6.07, 6.45) is 7.10. The maximum atomic E-state index is 12.8. The Kier molecular flexibility index (Phi) is 4.91. The van der Waals surface area contributed by atoms with E-state index in [1.807, 2.05) is 11.9 Å². The summed E-state index contributed by atoms with van der Waals surface area (Å²) in [6, 6.07) is 2.11. The molecule has 6 heteroatoms. The third-order valence-electron chi connectivity index (χ3n) is 4.37. The van der Waals surface area contributed by atoms with Gasteiger partial charge in [-0.2, -0.15) is 0 Å². The van der Waals surface area contributed by atoms with Gasteiger partial charge in [-0.15, -0.1) is 11.3 Å². The van der Waals surface area contributed by atoms with Gasteiger partial charge in [-0.05, 0) is 36.8 Å². The van der Waals surface area contributed by atoms with Crippen molar-refractivity contribution >= 4 is 23.1 Å². The standard InChI is InChI=1S/C17H22N4OS/c1-13-5-9-23-15(13)12-20(2)17(22)14-4-3-8-21(11-14)16-10-18-6-7-19-16/h5-7,9-10,14H,3-4,8,11-12H2,1-2H3/t14-/m0/s1. The molecule has 3 heterocycles. The Hall–Kier alpha value is -1.95. The first-order valence-corrected chi connectivity index (χ1v) is 8.82. The molecule has 0 radical (unpaired) electrons. The molecular weight excluding hydrogens is 308 g/mol. The fraction of sp³-hybridized carbons (Fsp3) is 0.471. The van der Waals surface area contributed by atoms with Gasteiger partial charge in [-0.3, -0.25) is 9.78 Å². The van der Waals surface area contributed by atoms with Crippen LogP contribution in [0.2, 0.25) is 0 Å². The summed E-state index contributed by atoms with van der Waals surface area (Å²) in [4.78, 5) is 26.6. The SMILES string of the molecule is Cc1ccsc1CN(C)C(=O)[C@H]1CCCN(c2cnccn2)C1. The van der Waals surface area contributed by atoms with Crippen LogP contribution in [0.5, 0.6) is 0 Å². The van der Waals surface area contributed by atoms with E-state index in [1.165, 1.54) is 10.4 Å². The first-order valence-electron chi connectivity index (χ1n) is 7.94. The van der Waals surface area contributed by atoms with E-state index in [9.17, 15) is 4.79 Å². The highest BCUT2D eigenvalue weighted by Gasteiger charge is 2.28. The summed E-state index contributed by atoms with van der Waals surface area (Å²) in [7, 11) is 1.91. The smallest absolute Gasteiger partial charge is 0.227 e. The zero-order chi connectivity index (χ0) is 16.2. The number of amides is 1. The van der Waals surface area contributed by atoms with Crippen LogP contribution in [0, 0.1) is 12.8 Å². The Morgan fingerprint density at radius 2 is 2.35 bits per heavy atom. The minimum absolute atomic E-state index is 0.0380. The maximum absolute atomic E-state index is 12.8. The van der Waals surface area contributed by atoms with Crippen LogP contribution in [0.1, 0.15) is 23.3 Å². The highest BCUT2D eigenvalue weighted by atomic mass is 32.1. The molecule has 2 aromatic rings. The van der Waals surface area contributed by atoms with E-state index in [4.69, 9.17) is 0 Å². The number of nitrogens with zero attached hydrogens (tertiary/aromatic N) is 4. The molecule has 0 spiro atoms. The summed E-state index contributed by atoms with van der Waals surface area (Å²) in [5, 5.41) is 2.08. The van der Waals surface area contributed by atoms with Crippen LogP contribution < -0.4 is 4.90 Å². The van der Waals surface area contributed by atoms with Crippen LogP contribution in [0.4, 0.5) is 5.82 Å². The van der Waals surface area contributed by atoms with Crippen molar-refractivity contribution in [1.82, 2.24) is 14.9 Å². The van der Waals surface area contributed by atoms with E-state index < -0.39 is 0 Å². The molecule has 1 aliphatic heterocycles. The lowest BCUT2D eigenvalue weighted by molar-refractivity contribution is -0.135. The van der Waals surface area contributed by atoms with Gasteiger partial charge in [0.1, 0.15) is 5.82 Å². The van der Waals surface area contributed by atoms with Gasteiger partial charge < -0.3 is 9.80 Å². The minimum Gasteiger partial charge on any atom is -0.355 e. The molecule has 0 N–H and O–H groups in total. The second-order valence-corrected chi connectivity index (χ2v) is 7.07. The van der Waals surface area contributed by atoms with Gasteiger partial charge in [0.25, 0.3) is 0 Å². The summed E-state index contributed by atoms with van der Waals surface area (Å²) >= 11 is 1.72. The molecule has 1 atom stereocenters. The van der Waals surface area contributed by atoms with E-state index in [-0.39, 0.29) is 11.8 Å². The Bertz CT molecular complexity index is 658. The molecule has 1 saturated heterocycles. The van der Waals surface area contributed by atoms with Crippen LogP contribution in [-0.2, 0) is 11.3 Å². The quantitative estimate of drug-likeness (QED) is 0.865. The van der Waals surface area contributed by atoms with E-state index >= 15 is 0 Å². The van der Waals surface area contributed by atoms with Gasteiger partial charge in [0.2, 0.25) is 5.91 Å². The lowest BCUT2D eigenvalue weighted by atomic mass is 9.96. The molecule has 0 aromatic carbocycles. The Labute approximate surface area is 141 Å². The van der Waals surface area contributed by atoms with Crippen LogP contribution >= 0.6 is 11.3 Å². The largest absolute Gasteiger partial charge is 0.355 e. The molecule has 23 heavy (non-hydrogen) atoms. The van der Waals surface area contributed by atoms with Gasteiger partial charge >= 0.3 is 0 Å². The normalized spacial score (nSPS) is 18.0. The molecule has 1 aliphatic rings. The lowest BCUT2D eigenvalue weighted by Gasteiger charge is -2.34. The van der Waals surface area contributed by atoms with Gasteiger partial charge in [0.15, 0.2) is 0 Å². The third-order valence-corrected chi connectivity index (χ3v) is 5.38. The number of carbonyl (C=O) groups excluding carboxylic acids is 1. The highest BCUT2D eigenvalue weighted by molar-refractivity contribution is 7.10. The van der Waals surface area contributed by atoms with E-state index in [0.29, 0.717) is 6.54 Å². The molecule has 2 aromatic heterocycles. The topological polar surface area (TPSA) is 49.3 Å². The number of piperidine rings is 1. The summed E-state index contributed by atoms with van der Waals surface area (Å²) < 4.78 is 0. The van der Waals surface area contributed by atoms with Gasteiger partial charge in [-0.25, -0.2) is 4.98 Å². The van der Waals surface area contributed by atoms with Gasteiger partial charge in [0.05, 0.1) is 18.7 Å². The van der Waals surface area contributed by atoms with E-state index in [0.717, 1.165) is 31.7 Å². The van der Waals surface area contributed by atoms with Crippen molar-refractivity contribution in [1.29, 1.82) is 0 Å². The number of thiophene rings is 1. The number of rotatable bonds is 4. The van der Waals surface area contributed by atoms with Crippen LogP contribution in [0.15, 0.2) is 30.0 Å². The Balaban J connectivity index is 1.64. The summed E-state index contributed by atoms with van der Waals surface area (Å²) in [5.74, 6) is 1.13. The van der Waals surface area contributed by atoms with Crippen molar-refractivity contribution in [2.75, 3.05) is 25.0 Å². The predicted molar refractivity (Wildman–Crippen MR) is 92.5 cm³/mol. The second-order valence-electron chi connectivity index (χ2n) is 6.07. The van der Waals surface area contributed by atoms with E-state index in [2.05, 4.69) is 33.2 Å². The fourth-order valence-electron chi connectivity index (χ4n) is 3.01. The maximum Gasteiger partial charge on any atom is 0.227 e. The average Bonchev–Trinajstić information content (AvgIpc) is 3.00.